The van der Waals surface area contributed by atoms with Crippen molar-refractivity contribution in [2.45, 2.75) is 32.6 Å². The lowest BCUT2D eigenvalue weighted by Crippen LogP contribution is -2.14. The molecule has 1 aromatic heterocycles. The van der Waals surface area contributed by atoms with Crippen molar-refractivity contribution in [3.05, 3.63) is 52.7 Å². The van der Waals surface area contributed by atoms with Crippen LogP contribution in [0.15, 0.2) is 30.3 Å². The number of thiocarbonyl (C=S) groups is 1. The fraction of sp³-hybridized carbons (Fsp3) is 0.294. The van der Waals surface area contributed by atoms with E-state index in [0.717, 1.165) is 35.6 Å². The third kappa shape index (κ3) is 2.90. The number of nitrogens with zero attached hydrogens (tertiary/aromatic N) is 1. The van der Waals surface area contributed by atoms with Gasteiger partial charge < -0.3 is 11.1 Å². The van der Waals surface area contributed by atoms with Gasteiger partial charge in [0, 0.05) is 11.4 Å². The van der Waals surface area contributed by atoms with Crippen molar-refractivity contribution in [2.75, 3.05) is 5.32 Å². The molecule has 3 N–H and O–H groups in total. The molecule has 21 heavy (non-hydrogen) atoms. The summed E-state index contributed by atoms with van der Waals surface area (Å²) in [4.78, 5) is 4.93. The van der Waals surface area contributed by atoms with Crippen LogP contribution in [0.4, 0.5) is 11.5 Å². The number of benzene rings is 1. The minimum Gasteiger partial charge on any atom is -0.389 e. The molecule has 1 heterocycles. The van der Waals surface area contributed by atoms with Gasteiger partial charge in [-0.25, -0.2) is 4.98 Å². The molecule has 3 nitrogen and oxygen atoms in total. The average molecular weight is 297 g/mol. The number of pyridine rings is 1. The van der Waals surface area contributed by atoms with Gasteiger partial charge in [-0.3, -0.25) is 0 Å². The molecule has 0 unspecified atom stereocenters. The van der Waals surface area contributed by atoms with Crippen LogP contribution < -0.4 is 11.1 Å². The lowest BCUT2D eigenvalue weighted by molar-refractivity contribution is 0.687. The molecule has 0 bridgehead atoms. The monoisotopic (exact) mass is 297 g/mol. The van der Waals surface area contributed by atoms with Crippen LogP contribution in [0.25, 0.3) is 0 Å². The molecule has 2 aromatic rings. The highest BCUT2D eigenvalue weighted by Gasteiger charge is 2.15. The molecular weight excluding hydrogens is 278 g/mol. The van der Waals surface area contributed by atoms with Gasteiger partial charge in [0.05, 0.1) is 5.56 Å². The van der Waals surface area contributed by atoms with E-state index in [4.69, 9.17) is 18.0 Å². The molecule has 1 aliphatic rings. The molecular formula is C17H19N3S. The number of anilines is 2. The molecule has 0 spiro atoms. The first kappa shape index (κ1) is 14.0. The third-order valence-electron chi connectivity index (χ3n) is 3.95. The van der Waals surface area contributed by atoms with Gasteiger partial charge in [0.15, 0.2) is 0 Å². The van der Waals surface area contributed by atoms with Crippen molar-refractivity contribution >= 4 is 28.7 Å². The van der Waals surface area contributed by atoms with Gasteiger partial charge in [-0.1, -0.05) is 24.4 Å². The zero-order valence-electron chi connectivity index (χ0n) is 12.1. The summed E-state index contributed by atoms with van der Waals surface area (Å²) >= 11 is 5.13. The maximum Gasteiger partial charge on any atom is 0.140 e. The van der Waals surface area contributed by atoms with Gasteiger partial charge in [0.2, 0.25) is 0 Å². The lowest BCUT2D eigenvalue weighted by atomic mass is 9.90. The topological polar surface area (TPSA) is 50.9 Å². The SMILES string of the molecule is Cc1ccc(C(N)=S)c(Nc2cccc3c2CCCC3)n1. The molecule has 4 heteroatoms. The lowest BCUT2D eigenvalue weighted by Gasteiger charge is -2.20. The fourth-order valence-electron chi connectivity index (χ4n) is 2.88. The summed E-state index contributed by atoms with van der Waals surface area (Å²) in [6, 6.07) is 10.3. The fourth-order valence-corrected chi connectivity index (χ4v) is 3.04. The van der Waals surface area contributed by atoms with Crippen molar-refractivity contribution in [3.8, 4) is 0 Å². The van der Waals surface area contributed by atoms with Gasteiger partial charge in [0.1, 0.15) is 10.8 Å². The Kier molecular flexibility index (Phi) is 3.88. The van der Waals surface area contributed by atoms with Crippen LogP contribution >= 0.6 is 12.2 Å². The molecule has 0 fully saturated rings. The highest BCUT2D eigenvalue weighted by Crippen LogP contribution is 2.30. The van der Waals surface area contributed by atoms with Crippen LogP contribution in [0.1, 0.15) is 35.2 Å². The van der Waals surface area contributed by atoms with Crippen LogP contribution in [-0.4, -0.2) is 9.97 Å². The van der Waals surface area contributed by atoms with Crippen LogP contribution in [0.5, 0.6) is 0 Å². The number of hydrogen-bond donors (Lipinski definition) is 2. The summed E-state index contributed by atoms with van der Waals surface area (Å²) < 4.78 is 0. The Morgan fingerprint density at radius 2 is 2.00 bits per heavy atom. The van der Waals surface area contributed by atoms with E-state index in [1.165, 1.54) is 24.0 Å². The van der Waals surface area contributed by atoms with E-state index in [2.05, 4.69) is 28.5 Å². The van der Waals surface area contributed by atoms with Crippen molar-refractivity contribution < 1.29 is 0 Å². The third-order valence-corrected chi connectivity index (χ3v) is 4.17. The highest BCUT2D eigenvalue weighted by atomic mass is 32.1. The Labute approximate surface area is 130 Å². The number of nitrogens with two attached hydrogens (primary N) is 1. The highest BCUT2D eigenvalue weighted by molar-refractivity contribution is 7.80. The zero-order valence-corrected chi connectivity index (χ0v) is 13.0. The van der Waals surface area contributed by atoms with Crippen molar-refractivity contribution in [3.63, 3.8) is 0 Å². The number of aryl methyl sites for hydroxylation is 2. The molecule has 108 valence electrons. The minimum atomic E-state index is 0.370. The summed E-state index contributed by atoms with van der Waals surface area (Å²) in [5, 5.41) is 3.44. The van der Waals surface area contributed by atoms with Crippen molar-refractivity contribution in [2.24, 2.45) is 5.73 Å². The second kappa shape index (κ2) is 5.82. The Bertz CT molecular complexity index is 694. The second-order valence-electron chi connectivity index (χ2n) is 5.49. The normalized spacial score (nSPS) is 13.6. The smallest absolute Gasteiger partial charge is 0.140 e. The second-order valence-corrected chi connectivity index (χ2v) is 5.93. The molecule has 0 saturated heterocycles. The summed E-state index contributed by atoms with van der Waals surface area (Å²) in [5.41, 5.74) is 11.5. The standard InChI is InChI=1S/C17H19N3S/c1-11-9-10-14(16(18)21)17(19-11)20-15-8-4-6-12-5-2-3-7-13(12)15/h4,6,8-10H,2-3,5,7H2,1H3,(H2,18,21)(H,19,20). The maximum atomic E-state index is 5.81. The Morgan fingerprint density at radius 1 is 1.19 bits per heavy atom. The van der Waals surface area contributed by atoms with Crippen LogP contribution in [0, 0.1) is 6.92 Å². The van der Waals surface area contributed by atoms with E-state index < -0.39 is 0 Å². The summed E-state index contributed by atoms with van der Waals surface area (Å²) in [7, 11) is 0. The largest absolute Gasteiger partial charge is 0.389 e. The summed E-state index contributed by atoms with van der Waals surface area (Å²) in [6.07, 6.45) is 4.80. The van der Waals surface area contributed by atoms with Crippen LogP contribution in [0.3, 0.4) is 0 Å². The molecule has 1 aromatic carbocycles. The van der Waals surface area contributed by atoms with Crippen LogP contribution in [0.2, 0.25) is 0 Å². The van der Waals surface area contributed by atoms with E-state index in [1.54, 1.807) is 0 Å². The number of fused-ring (bicyclic) bond motifs is 1. The maximum absolute atomic E-state index is 5.81. The first-order valence-corrected chi connectivity index (χ1v) is 7.71. The molecule has 1 aliphatic carbocycles. The zero-order chi connectivity index (χ0) is 14.8. The van der Waals surface area contributed by atoms with E-state index in [-0.39, 0.29) is 0 Å². The predicted octanol–water partition coefficient (Wildman–Crippen LogP) is 3.65. The number of hydrogen-bond acceptors (Lipinski definition) is 3. The summed E-state index contributed by atoms with van der Waals surface area (Å²) in [6.45, 7) is 1.97. The van der Waals surface area contributed by atoms with E-state index in [9.17, 15) is 0 Å². The molecule has 0 amide bonds. The minimum absolute atomic E-state index is 0.370. The molecule has 0 radical (unpaired) electrons. The summed E-state index contributed by atoms with van der Waals surface area (Å²) in [5.74, 6) is 0.751. The van der Waals surface area contributed by atoms with Gasteiger partial charge in [-0.2, -0.15) is 0 Å². The van der Waals surface area contributed by atoms with Gasteiger partial charge >= 0.3 is 0 Å². The Hall–Kier alpha value is -1.94. The quantitative estimate of drug-likeness (QED) is 0.849. The Balaban J connectivity index is 2.01. The predicted molar refractivity (Wildman–Crippen MR) is 91.2 cm³/mol. The molecule has 0 aliphatic heterocycles. The Morgan fingerprint density at radius 3 is 2.81 bits per heavy atom. The number of nitrogens with one attached hydrogen (secondary N) is 1. The van der Waals surface area contributed by atoms with Crippen molar-refractivity contribution in [1.82, 2.24) is 4.98 Å². The average Bonchev–Trinajstić information content (AvgIpc) is 2.47. The number of rotatable bonds is 3. The van der Waals surface area contributed by atoms with Gasteiger partial charge in [-0.05, 0) is 61.9 Å². The molecule has 3 rings (SSSR count). The molecule has 0 saturated carbocycles. The van der Waals surface area contributed by atoms with Gasteiger partial charge in [0.25, 0.3) is 0 Å². The first-order valence-electron chi connectivity index (χ1n) is 7.30. The molecule has 0 atom stereocenters. The first-order chi connectivity index (χ1) is 10.1. The van der Waals surface area contributed by atoms with Crippen molar-refractivity contribution in [1.29, 1.82) is 0 Å². The van der Waals surface area contributed by atoms with E-state index in [0.29, 0.717) is 4.99 Å². The van der Waals surface area contributed by atoms with E-state index >= 15 is 0 Å². The van der Waals surface area contributed by atoms with Gasteiger partial charge in [-0.15, -0.1) is 0 Å². The number of aromatic nitrogens is 1. The van der Waals surface area contributed by atoms with E-state index in [1.807, 2.05) is 19.1 Å². The van der Waals surface area contributed by atoms with Crippen LogP contribution in [-0.2, 0) is 12.8 Å².